The van der Waals surface area contributed by atoms with Crippen LogP contribution < -0.4 is 5.32 Å². The van der Waals surface area contributed by atoms with E-state index in [4.69, 9.17) is 4.99 Å². The first-order chi connectivity index (χ1) is 14.2. The number of phenols is 1. The molecule has 1 fully saturated rings. The summed E-state index contributed by atoms with van der Waals surface area (Å²) in [5.41, 5.74) is 5.92. The highest BCUT2D eigenvalue weighted by Crippen LogP contribution is 2.35. The molecule has 2 aliphatic heterocycles. The Labute approximate surface area is 172 Å². The minimum absolute atomic E-state index is 0.294. The molecule has 4 nitrogen and oxygen atoms in total. The number of benzene rings is 2. The maximum Gasteiger partial charge on any atom is 0.152 e. The van der Waals surface area contributed by atoms with Crippen molar-refractivity contribution in [1.29, 1.82) is 0 Å². The summed E-state index contributed by atoms with van der Waals surface area (Å²) in [6.07, 6.45) is 9.44. The number of aliphatic imine (C=N–C) groups is 1. The van der Waals surface area contributed by atoms with Gasteiger partial charge in [0.2, 0.25) is 0 Å². The Bertz CT molecular complexity index is 967. The van der Waals surface area contributed by atoms with Gasteiger partial charge in [-0.05, 0) is 47.7 Å². The van der Waals surface area contributed by atoms with Crippen LogP contribution in [-0.2, 0) is 6.42 Å². The van der Waals surface area contributed by atoms with Gasteiger partial charge in [-0.15, -0.1) is 0 Å². The number of nitrogens with zero attached hydrogens (tertiary/aromatic N) is 2. The van der Waals surface area contributed by atoms with Crippen LogP contribution in [0.3, 0.4) is 0 Å². The van der Waals surface area contributed by atoms with E-state index < -0.39 is 0 Å². The van der Waals surface area contributed by atoms with Gasteiger partial charge in [-0.3, -0.25) is 0 Å². The van der Waals surface area contributed by atoms with Crippen molar-refractivity contribution in [2.24, 2.45) is 10.9 Å². The Morgan fingerprint density at radius 1 is 1.00 bits per heavy atom. The Balaban J connectivity index is 1.43. The van der Waals surface area contributed by atoms with Gasteiger partial charge in [-0.2, -0.15) is 0 Å². The monoisotopic (exact) mass is 385 g/mol. The zero-order valence-electron chi connectivity index (χ0n) is 16.6. The molecule has 0 bridgehead atoms. The van der Waals surface area contributed by atoms with E-state index in [1.807, 2.05) is 12.1 Å². The van der Waals surface area contributed by atoms with E-state index in [1.54, 1.807) is 12.1 Å². The summed E-state index contributed by atoms with van der Waals surface area (Å²) in [5, 5.41) is 13.3. The maximum absolute atomic E-state index is 9.64. The van der Waals surface area contributed by atoms with Crippen LogP contribution in [0, 0.1) is 5.92 Å². The zero-order chi connectivity index (χ0) is 19.6. The number of rotatable bonds is 5. The first-order valence-corrected chi connectivity index (χ1v) is 10.6. The van der Waals surface area contributed by atoms with Crippen molar-refractivity contribution in [2.45, 2.75) is 38.5 Å². The highest BCUT2D eigenvalue weighted by molar-refractivity contribution is 5.92. The minimum atomic E-state index is 0.294. The average Bonchev–Trinajstić information content (AvgIpc) is 3.39. The molecule has 0 atom stereocenters. The van der Waals surface area contributed by atoms with Crippen LogP contribution in [0.4, 0.5) is 0 Å². The summed E-state index contributed by atoms with van der Waals surface area (Å²) in [7, 11) is 0. The standard InChI is InChI=1S/C25H27N3O/c29-22-12-10-20(11-13-22)24-17-28-16-21(14-18-6-2-1-3-7-18)26-25(28)23(27-24)15-19-8-4-5-9-19/h1-3,6-7,10-13,17,19,27,29H,4-5,8-9,14-16H2. The van der Waals surface area contributed by atoms with E-state index in [0.717, 1.165) is 42.4 Å². The van der Waals surface area contributed by atoms with E-state index in [1.165, 1.54) is 42.7 Å². The third-order valence-electron chi connectivity index (χ3n) is 6.13. The van der Waals surface area contributed by atoms with Gasteiger partial charge in [-0.25, -0.2) is 4.99 Å². The Morgan fingerprint density at radius 3 is 2.52 bits per heavy atom. The Hall–Kier alpha value is -3.01. The number of nitrogens with one attached hydrogen (secondary N) is 1. The van der Waals surface area contributed by atoms with Gasteiger partial charge in [0, 0.05) is 18.3 Å². The average molecular weight is 386 g/mol. The van der Waals surface area contributed by atoms with Gasteiger partial charge in [0.25, 0.3) is 0 Å². The molecule has 0 saturated heterocycles. The molecule has 5 rings (SSSR count). The molecule has 2 aromatic rings. The maximum atomic E-state index is 9.64. The molecule has 0 spiro atoms. The fraction of sp³-hybridized carbons (Fsp3) is 0.320. The van der Waals surface area contributed by atoms with Gasteiger partial charge < -0.3 is 15.3 Å². The highest BCUT2D eigenvalue weighted by Gasteiger charge is 2.29. The van der Waals surface area contributed by atoms with Crippen LogP contribution in [0.2, 0.25) is 0 Å². The first kappa shape index (κ1) is 18.0. The molecular weight excluding hydrogens is 358 g/mol. The van der Waals surface area contributed by atoms with Crippen LogP contribution in [0.25, 0.3) is 5.70 Å². The normalized spacial score (nSPS) is 19.1. The Kier molecular flexibility index (Phi) is 4.84. The smallest absolute Gasteiger partial charge is 0.152 e. The fourth-order valence-corrected chi connectivity index (χ4v) is 4.64. The minimum Gasteiger partial charge on any atom is -0.508 e. The van der Waals surface area contributed by atoms with Crippen LogP contribution >= 0.6 is 0 Å². The molecule has 0 amide bonds. The molecular formula is C25H27N3O. The largest absolute Gasteiger partial charge is 0.508 e. The quantitative estimate of drug-likeness (QED) is 0.758. The van der Waals surface area contributed by atoms with E-state index in [-0.39, 0.29) is 0 Å². The molecule has 2 heterocycles. The van der Waals surface area contributed by atoms with E-state index in [2.05, 4.69) is 46.7 Å². The number of fused-ring (bicyclic) bond motifs is 1. The number of aromatic hydroxyl groups is 1. The second-order valence-corrected chi connectivity index (χ2v) is 8.34. The SMILES string of the molecule is Oc1ccc(C2=CN3CC(Cc4ccccc4)=NC3=C(CC3CCCC3)N2)cc1. The molecule has 0 aromatic heterocycles. The van der Waals surface area contributed by atoms with Gasteiger partial charge in [0.15, 0.2) is 5.82 Å². The second-order valence-electron chi connectivity index (χ2n) is 8.34. The molecule has 2 N–H and O–H groups in total. The molecule has 148 valence electrons. The van der Waals surface area contributed by atoms with E-state index in [9.17, 15) is 5.11 Å². The van der Waals surface area contributed by atoms with Crippen molar-refractivity contribution < 1.29 is 5.11 Å². The lowest BCUT2D eigenvalue weighted by atomic mass is 10.00. The first-order valence-electron chi connectivity index (χ1n) is 10.6. The number of hydrogen-bond donors (Lipinski definition) is 2. The lowest BCUT2D eigenvalue weighted by molar-refractivity contribution is 0.475. The summed E-state index contributed by atoms with van der Waals surface area (Å²) in [6.45, 7) is 0.835. The summed E-state index contributed by atoms with van der Waals surface area (Å²) < 4.78 is 0. The van der Waals surface area contributed by atoms with Crippen molar-refractivity contribution in [3.05, 3.63) is 83.4 Å². The topological polar surface area (TPSA) is 47.9 Å². The number of phenolic OH excluding ortho intramolecular Hbond substituents is 1. The predicted molar refractivity (Wildman–Crippen MR) is 117 cm³/mol. The van der Waals surface area contributed by atoms with Crippen molar-refractivity contribution in [3.63, 3.8) is 0 Å². The molecule has 2 aromatic carbocycles. The molecule has 1 aliphatic carbocycles. The summed E-state index contributed by atoms with van der Waals surface area (Å²) in [6, 6.07) is 18.0. The van der Waals surface area contributed by atoms with Crippen molar-refractivity contribution in [3.8, 4) is 5.75 Å². The van der Waals surface area contributed by atoms with E-state index in [0.29, 0.717) is 5.75 Å². The third-order valence-corrected chi connectivity index (χ3v) is 6.13. The van der Waals surface area contributed by atoms with Gasteiger partial charge in [-0.1, -0.05) is 56.0 Å². The summed E-state index contributed by atoms with van der Waals surface area (Å²) in [4.78, 5) is 7.34. The summed E-state index contributed by atoms with van der Waals surface area (Å²) >= 11 is 0. The molecule has 3 aliphatic rings. The van der Waals surface area contributed by atoms with Crippen LogP contribution in [0.15, 0.2) is 77.3 Å². The predicted octanol–water partition coefficient (Wildman–Crippen LogP) is 5.04. The molecule has 1 saturated carbocycles. The van der Waals surface area contributed by atoms with Crippen LogP contribution in [0.5, 0.6) is 5.75 Å². The Morgan fingerprint density at radius 2 is 1.76 bits per heavy atom. The fourth-order valence-electron chi connectivity index (χ4n) is 4.64. The van der Waals surface area contributed by atoms with Crippen molar-refractivity contribution in [1.82, 2.24) is 10.2 Å². The van der Waals surface area contributed by atoms with Crippen LogP contribution in [-0.4, -0.2) is 22.3 Å². The lowest BCUT2D eigenvalue weighted by Gasteiger charge is -2.28. The number of hydrogen-bond acceptors (Lipinski definition) is 4. The van der Waals surface area contributed by atoms with E-state index >= 15 is 0 Å². The number of allylic oxidation sites excluding steroid dienone is 1. The summed E-state index contributed by atoms with van der Waals surface area (Å²) in [5.74, 6) is 2.13. The molecule has 0 radical (unpaired) electrons. The van der Waals surface area contributed by atoms with Crippen molar-refractivity contribution >= 4 is 11.4 Å². The molecule has 29 heavy (non-hydrogen) atoms. The highest BCUT2D eigenvalue weighted by atomic mass is 16.3. The zero-order valence-corrected chi connectivity index (χ0v) is 16.6. The molecule has 4 heteroatoms. The van der Waals surface area contributed by atoms with Gasteiger partial charge in [0.05, 0.1) is 17.9 Å². The second kappa shape index (κ2) is 7.78. The third kappa shape index (κ3) is 3.93. The lowest BCUT2D eigenvalue weighted by Crippen LogP contribution is -2.28. The van der Waals surface area contributed by atoms with Gasteiger partial charge >= 0.3 is 0 Å². The van der Waals surface area contributed by atoms with Crippen molar-refractivity contribution in [2.75, 3.05) is 6.54 Å². The van der Waals surface area contributed by atoms with Crippen LogP contribution in [0.1, 0.15) is 43.2 Å². The van der Waals surface area contributed by atoms with Gasteiger partial charge in [0.1, 0.15) is 5.75 Å². The molecule has 0 unspecified atom stereocenters.